The standard InChI is InChI=1S/C23H30N4O2/c28-22(25-17-20-6-4-11-24-16-20)27-13-10-23(19-27)9-5-12-26(18-23)14-15-29-21-7-2-1-3-8-21/h1-4,6-8,11,16H,5,9-10,12-15,17-19H2,(H,25,28)/t23-/m0/s1. The number of carbonyl (C=O) groups is 1. The predicted molar refractivity (Wildman–Crippen MR) is 113 cm³/mol. The number of ether oxygens (including phenoxy) is 1. The van der Waals surface area contributed by atoms with Crippen molar-refractivity contribution in [3.63, 3.8) is 0 Å². The lowest BCUT2D eigenvalue weighted by atomic mass is 9.79. The molecule has 2 aliphatic rings. The topological polar surface area (TPSA) is 57.7 Å². The molecule has 4 rings (SSSR count). The quantitative estimate of drug-likeness (QED) is 0.818. The van der Waals surface area contributed by atoms with Gasteiger partial charge in [0.05, 0.1) is 0 Å². The molecule has 1 aromatic carbocycles. The maximum Gasteiger partial charge on any atom is 0.317 e. The van der Waals surface area contributed by atoms with Crippen molar-refractivity contribution in [1.29, 1.82) is 0 Å². The summed E-state index contributed by atoms with van der Waals surface area (Å²) in [5, 5.41) is 3.04. The second-order valence-electron chi connectivity index (χ2n) is 8.23. The van der Waals surface area contributed by atoms with E-state index in [1.54, 1.807) is 12.4 Å². The number of carbonyl (C=O) groups excluding carboxylic acids is 1. The van der Waals surface area contributed by atoms with Crippen LogP contribution in [0.2, 0.25) is 0 Å². The Hall–Kier alpha value is -2.60. The molecule has 1 atom stereocenters. The summed E-state index contributed by atoms with van der Waals surface area (Å²) in [6.45, 7) is 6.03. The van der Waals surface area contributed by atoms with Crippen LogP contribution in [-0.4, -0.2) is 60.1 Å². The number of likely N-dealkylation sites (tertiary alicyclic amines) is 2. The van der Waals surface area contributed by atoms with Crippen molar-refractivity contribution in [3.05, 3.63) is 60.4 Å². The lowest BCUT2D eigenvalue weighted by Gasteiger charge is -2.40. The molecule has 0 aliphatic carbocycles. The van der Waals surface area contributed by atoms with Crippen LogP contribution >= 0.6 is 0 Å². The highest BCUT2D eigenvalue weighted by Crippen LogP contribution is 2.38. The molecule has 2 aliphatic heterocycles. The smallest absolute Gasteiger partial charge is 0.317 e. The molecule has 2 aromatic rings. The highest BCUT2D eigenvalue weighted by Gasteiger charge is 2.42. The van der Waals surface area contributed by atoms with Crippen LogP contribution in [0, 0.1) is 5.41 Å². The Morgan fingerprint density at radius 2 is 2.00 bits per heavy atom. The zero-order chi connectivity index (χ0) is 19.9. The van der Waals surface area contributed by atoms with Gasteiger partial charge in [0.1, 0.15) is 12.4 Å². The number of benzene rings is 1. The van der Waals surface area contributed by atoms with Gasteiger partial charge in [-0.3, -0.25) is 9.88 Å². The zero-order valence-electron chi connectivity index (χ0n) is 16.9. The number of hydrogen-bond donors (Lipinski definition) is 1. The summed E-state index contributed by atoms with van der Waals surface area (Å²) in [6, 6.07) is 13.9. The van der Waals surface area contributed by atoms with Crippen molar-refractivity contribution >= 4 is 6.03 Å². The summed E-state index contributed by atoms with van der Waals surface area (Å²) in [6.07, 6.45) is 7.02. The minimum absolute atomic E-state index is 0.0373. The first kappa shape index (κ1) is 19.7. The molecule has 29 heavy (non-hydrogen) atoms. The minimum Gasteiger partial charge on any atom is -0.492 e. The number of nitrogens with one attached hydrogen (secondary N) is 1. The Kier molecular flexibility index (Phi) is 6.30. The Balaban J connectivity index is 1.23. The summed E-state index contributed by atoms with van der Waals surface area (Å²) in [4.78, 5) is 21.2. The van der Waals surface area contributed by atoms with Crippen molar-refractivity contribution < 1.29 is 9.53 Å². The van der Waals surface area contributed by atoms with Gasteiger partial charge in [-0.25, -0.2) is 4.79 Å². The number of urea groups is 1. The lowest BCUT2D eigenvalue weighted by molar-refractivity contribution is 0.0833. The maximum absolute atomic E-state index is 12.6. The van der Waals surface area contributed by atoms with E-state index < -0.39 is 0 Å². The molecule has 1 spiro atoms. The molecule has 0 saturated carbocycles. The number of aromatic nitrogens is 1. The Morgan fingerprint density at radius 1 is 1.10 bits per heavy atom. The summed E-state index contributed by atoms with van der Waals surface area (Å²) in [5.41, 5.74) is 1.26. The third-order valence-electron chi connectivity index (χ3n) is 6.05. The van der Waals surface area contributed by atoms with Gasteiger partial charge in [-0.15, -0.1) is 0 Å². The van der Waals surface area contributed by atoms with E-state index in [4.69, 9.17) is 4.74 Å². The molecule has 1 aromatic heterocycles. The lowest BCUT2D eigenvalue weighted by Crippen LogP contribution is -2.47. The van der Waals surface area contributed by atoms with Gasteiger partial charge < -0.3 is 15.0 Å². The number of amides is 2. The SMILES string of the molecule is O=C(NCc1cccnc1)N1CC[C@]2(CCCN(CCOc3ccccc3)C2)C1. The molecule has 2 amide bonds. The van der Waals surface area contributed by atoms with E-state index in [9.17, 15) is 4.79 Å². The molecular weight excluding hydrogens is 364 g/mol. The summed E-state index contributed by atoms with van der Waals surface area (Å²) >= 11 is 0. The molecule has 0 unspecified atom stereocenters. The Bertz CT molecular complexity index is 786. The molecule has 3 heterocycles. The van der Waals surface area contributed by atoms with Gasteiger partial charge in [-0.05, 0) is 49.6 Å². The number of hydrogen-bond acceptors (Lipinski definition) is 4. The van der Waals surface area contributed by atoms with Crippen LogP contribution in [0.15, 0.2) is 54.9 Å². The van der Waals surface area contributed by atoms with E-state index in [0.29, 0.717) is 13.2 Å². The van der Waals surface area contributed by atoms with Crippen LogP contribution in [0.4, 0.5) is 4.79 Å². The van der Waals surface area contributed by atoms with Gasteiger partial charge in [0, 0.05) is 50.5 Å². The highest BCUT2D eigenvalue weighted by atomic mass is 16.5. The second-order valence-corrected chi connectivity index (χ2v) is 8.23. The van der Waals surface area contributed by atoms with Crippen molar-refractivity contribution in [2.75, 3.05) is 39.3 Å². The minimum atomic E-state index is 0.0373. The second kappa shape index (κ2) is 9.27. The van der Waals surface area contributed by atoms with Crippen molar-refractivity contribution in [1.82, 2.24) is 20.1 Å². The van der Waals surface area contributed by atoms with Gasteiger partial charge in [0.15, 0.2) is 0 Å². The average Bonchev–Trinajstić information content (AvgIpc) is 3.17. The van der Waals surface area contributed by atoms with Crippen LogP contribution in [0.25, 0.3) is 0 Å². The van der Waals surface area contributed by atoms with Gasteiger partial charge in [-0.1, -0.05) is 24.3 Å². The van der Waals surface area contributed by atoms with E-state index >= 15 is 0 Å². The van der Waals surface area contributed by atoms with Gasteiger partial charge >= 0.3 is 6.03 Å². The molecular formula is C23H30N4O2. The van der Waals surface area contributed by atoms with Gasteiger partial charge in [0.2, 0.25) is 0 Å². The monoisotopic (exact) mass is 394 g/mol. The predicted octanol–water partition coefficient (Wildman–Crippen LogP) is 3.16. The first-order chi connectivity index (χ1) is 14.2. The number of pyridine rings is 1. The van der Waals surface area contributed by atoms with E-state index in [0.717, 1.165) is 50.5 Å². The fourth-order valence-corrected chi connectivity index (χ4v) is 4.54. The molecule has 6 nitrogen and oxygen atoms in total. The third kappa shape index (κ3) is 5.26. The Labute approximate surface area is 172 Å². The zero-order valence-corrected chi connectivity index (χ0v) is 16.9. The molecule has 6 heteroatoms. The van der Waals surface area contributed by atoms with Crippen molar-refractivity contribution in [2.45, 2.75) is 25.8 Å². The number of para-hydroxylation sites is 1. The highest BCUT2D eigenvalue weighted by molar-refractivity contribution is 5.74. The first-order valence-electron chi connectivity index (χ1n) is 10.5. The van der Waals surface area contributed by atoms with Crippen LogP contribution in [-0.2, 0) is 6.54 Å². The third-order valence-corrected chi connectivity index (χ3v) is 6.05. The fraction of sp³-hybridized carbons (Fsp3) is 0.478. The fourth-order valence-electron chi connectivity index (χ4n) is 4.54. The molecule has 2 fully saturated rings. The molecule has 0 bridgehead atoms. The van der Waals surface area contributed by atoms with E-state index in [1.165, 1.54) is 12.8 Å². The van der Waals surface area contributed by atoms with Gasteiger partial charge in [-0.2, -0.15) is 0 Å². The van der Waals surface area contributed by atoms with Crippen LogP contribution in [0.5, 0.6) is 5.75 Å². The number of nitrogens with zero attached hydrogens (tertiary/aromatic N) is 3. The number of rotatable bonds is 6. The molecule has 154 valence electrons. The van der Waals surface area contributed by atoms with E-state index in [-0.39, 0.29) is 11.4 Å². The van der Waals surface area contributed by atoms with Crippen molar-refractivity contribution in [3.8, 4) is 5.75 Å². The molecule has 2 saturated heterocycles. The first-order valence-corrected chi connectivity index (χ1v) is 10.5. The van der Waals surface area contributed by atoms with Crippen molar-refractivity contribution in [2.24, 2.45) is 5.41 Å². The van der Waals surface area contributed by atoms with E-state index in [1.807, 2.05) is 47.4 Å². The summed E-state index contributed by atoms with van der Waals surface area (Å²) < 4.78 is 5.87. The van der Waals surface area contributed by atoms with E-state index in [2.05, 4.69) is 15.2 Å². The summed E-state index contributed by atoms with van der Waals surface area (Å²) in [5.74, 6) is 0.927. The molecule has 1 N–H and O–H groups in total. The normalized spacial score (nSPS) is 22.0. The van der Waals surface area contributed by atoms with Gasteiger partial charge in [0.25, 0.3) is 0 Å². The molecule has 0 radical (unpaired) electrons. The van der Waals surface area contributed by atoms with Crippen LogP contribution < -0.4 is 10.1 Å². The van der Waals surface area contributed by atoms with Crippen LogP contribution in [0.3, 0.4) is 0 Å². The summed E-state index contributed by atoms with van der Waals surface area (Å²) in [7, 11) is 0. The maximum atomic E-state index is 12.6. The number of piperidine rings is 1. The Morgan fingerprint density at radius 3 is 2.83 bits per heavy atom. The average molecular weight is 395 g/mol. The largest absolute Gasteiger partial charge is 0.492 e. The van der Waals surface area contributed by atoms with Crippen LogP contribution in [0.1, 0.15) is 24.8 Å².